The largest absolute Gasteiger partial charge is 0.340 e. The van der Waals surface area contributed by atoms with Crippen molar-refractivity contribution in [2.24, 2.45) is 0 Å². The van der Waals surface area contributed by atoms with Crippen LogP contribution in [-0.4, -0.2) is 32.5 Å². The quantitative estimate of drug-likeness (QED) is 0.806. The van der Waals surface area contributed by atoms with Crippen molar-refractivity contribution in [3.05, 3.63) is 33.9 Å². The smallest absolute Gasteiger partial charge is 0.247 e. The lowest BCUT2D eigenvalue weighted by Crippen LogP contribution is -2.34. The molecule has 1 fully saturated rings. The van der Waals surface area contributed by atoms with Crippen molar-refractivity contribution in [2.45, 2.75) is 45.6 Å². The van der Waals surface area contributed by atoms with Gasteiger partial charge in [0, 0.05) is 30.6 Å². The van der Waals surface area contributed by atoms with Crippen LogP contribution in [-0.2, 0) is 4.79 Å². The SMILES string of the molecule is Cc1nc(C2CCCCCN2C(=O)/C=C/c2cnc(C)s2)no1. The molecule has 0 spiro atoms. The fourth-order valence-corrected chi connectivity index (χ4v) is 3.48. The normalized spacial score (nSPS) is 19.2. The van der Waals surface area contributed by atoms with Crippen molar-refractivity contribution < 1.29 is 9.32 Å². The van der Waals surface area contributed by atoms with E-state index < -0.39 is 0 Å². The van der Waals surface area contributed by atoms with Crippen molar-refractivity contribution >= 4 is 23.3 Å². The number of likely N-dealkylation sites (tertiary alicyclic amines) is 1. The molecule has 122 valence electrons. The molecule has 0 aliphatic carbocycles. The molecule has 2 aromatic heterocycles. The average molecular weight is 332 g/mol. The number of aryl methyl sites for hydroxylation is 2. The highest BCUT2D eigenvalue weighted by molar-refractivity contribution is 7.12. The molecule has 2 aromatic rings. The van der Waals surface area contributed by atoms with Crippen LogP contribution in [0.4, 0.5) is 0 Å². The third-order valence-corrected chi connectivity index (χ3v) is 4.78. The van der Waals surface area contributed by atoms with Crippen LogP contribution >= 0.6 is 11.3 Å². The fourth-order valence-electron chi connectivity index (χ4n) is 2.79. The third kappa shape index (κ3) is 3.85. The molecule has 0 aromatic carbocycles. The summed E-state index contributed by atoms with van der Waals surface area (Å²) in [5.74, 6) is 1.14. The Morgan fingerprint density at radius 1 is 1.39 bits per heavy atom. The maximum atomic E-state index is 12.7. The predicted molar refractivity (Wildman–Crippen MR) is 87.8 cm³/mol. The summed E-state index contributed by atoms with van der Waals surface area (Å²) in [4.78, 5) is 24.0. The maximum absolute atomic E-state index is 12.7. The van der Waals surface area contributed by atoms with E-state index in [-0.39, 0.29) is 11.9 Å². The van der Waals surface area contributed by atoms with Crippen molar-refractivity contribution in [3.63, 3.8) is 0 Å². The number of rotatable bonds is 3. The Morgan fingerprint density at radius 3 is 2.96 bits per heavy atom. The van der Waals surface area contributed by atoms with Crippen molar-refractivity contribution in [2.75, 3.05) is 6.54 Å². The highest BCUT2D eigenvalue weighted by Crippen LogP contribution is 2.28. The standard InChI is InChI=1S/C16H20N4O2S/c1-11-18-16(19-22-11)14-6-4-3-5-9-20(14)15(21)8-7-13-10-17-12(2)23-13/h7-8,10,14H,3-6,9H2,1-2H3/b8-7+. The summed E-state index contributed by atoms with van der Waals surface area (Å²) in [5, 5.41) is 5.02. The first-order valence-corrected chi connectivity index (χ1v) is 8.66. The molecule has 1 aliphatic heterocycles. The summed E-state index contributed by atoms with van der Waals surface area (Å²) >= 11 is 1.57. The Balaban J connectivity index is 1.78. The first kappa shape index (κ1) is 15.9. The van der Waals surface area contributed by atoms with Gasteiger partial charge < -0.3 is 9.42 Å². The molecule has 0 radical (unpaired) electrons. The molecule has 1 amide bonds. The van der Waals surface area contributed by atoms with Gasteiger partial charge in [-0.05, 0) is 25.8 Å². The molecule has 0 bridgehead atoms. The number of hydrogen-bond donors (Lipinski definition) is 0. The van der Waals surface area contributed by atoms with Gasteiger partial charge in [0.2, 0.25) is 11.8 Å². The average Bonchev–Trinajstić information content (AvgIpc) is 3.06. The molecule has 3 rings (SSSR count). The molecule has 1 aliphatic rings. The van der Waals surface area contributed by atoms with Gasteiger partial charge in [-0.15, -0.1) is 11.3 Å². The van der Waals surface area contributed by atoms with Gasteiger partial charge in [0.1, 0.15) is 0 Å². The minimum absolute atomic E-state index is 0.00888. The van der Waals surface area contributed by atoms with E-state index in [9.17, 15) is 4.79 Å². The van der Waals surface area contributed by atoms with Crippen molar-refractivity contribution in [3.8, 4) is 0 Å². The number of carbonyl (C=O) groups is 1. The van der Waals surface area contributed by atoms with Crippen LogP contribution in [0, 0.1) is 13.8 Å². The molecular weight excluding hydrogens is 312 g/mol. The second-order valence-electron chi connectivity index (χ2n) is 5.68. The van der Waals surface area contributed by atoms with Crippen LogP contribution in [0.25, 0.3) is 6.08 Å². The van der Waals surface area contributed by atoms with E-state index in [0.29, 0.717) is 11.7 Å². The van der Waals surface area contributed by atoms with Gasteiger partial charge in [0.25, 0.3) is 0 Å². The second kappa shape index (κ2) is 7.04. The Hall–Kier alpha value is -2.02. The Labute approximate surface area is 139 Å². The van der Waals surface area contributed by atoms with E-state index in [0.717, 1.165) is 42.1 Å². The molecule has 23 heavy (non-hydrogen) atoms. The van der Waals surface area contributed by atoms with Gasteiger partial charge in [-0.2, -0.15) is 4.98 Å². The summed E-state index contributed by atoms with van der Waals surface area (Å²) < 4.78 is 5.09. The zero-order chi connectivity index (χ0) is 16.2. The van der Waals surface area contributed by atoms with Gasteiger partial charge in [-0.25, -0.2) is 4.98 Å². The Bertz CT molecular complexity index is 707. The van der Waals surface area contributed by atoms with E-state index in [1.807, 2.05) is 17.9 Å². The molecule has 0 N–H and O–H groups in total. The molecular formula is C16H20N4O2S. The Morgan fingerprint density at radius 2 is 2.26 bits per heavy atom. The lowest BCUT2D eigenvalue weighted by atomic mass is 10.1. The van der Waals surface area contributed by atoms with Crippen LogP contribution in [0.5, 0.6) is 0 Å². The first-order valence-electron chi connectivity index (χ1n) is 7.85. The van der Waals surface area contributed by atoms with Gasteiger partial charge in [0.15, 0.2) is 5.82 Å². The van der Waals surface area contributed by atoms with Crippen molar-refractivity contribution in [1.29, 1.82) is 0 Å². The molecule has 1 saturated heterocycles. The number of aromatic nitrogens is 3. The van der Waals surface area contributed by atoms with Crippen LogP contribution in [0.1, 0.15) is 53.3 Å². The van der Waals surface area contributed by atoms with E-state index in [2.05, 4.69) is 15.1 Å². The van der Waals surface area contributed by atoms with Crippen LogP contribution in [0.15, 0.2) is 16.8 Å². The first-order chi connectivity index (χ1) is 11.1. The van der Waals surface area contributed by atoms with Crippen LogP contribution in [0.3, 0.4) is 0 Å². The predicted octanol–water partition coefficient (Wildman–Crippen LogP) is 3.30. The fraction of sp³-hybridized carbons (Fsp3) is 0.500. The highest BCUT2D eigenvalue weighted by atomic mass is 32.1. The van der Waals surface area contributed by atoms with Gasteiger partial charge in [-0.1, -0.05) is 18.0 Å². The molecule has 7 heteroatoms. The number of nitrogens with zero attached hydrogens (tertiary/aromatic N) is 4. The zero-order valence-corrected chi connectivity index (χ0v) is 14.2. The summed E-state index contributed by atoms with van der Waals surface area (Å²) in [6.45, 7) is 4.45. The summed E-state index contributed by atoms with van der Waals surface area (Å²) in [7, 11) is 0. The van der Waals surface area contributed by atoms with Gasteiger partial charge >= 0.3 is 0 Å². The molecule has 1 atom stereocenters. The van der Waals surface area contributed by atoms with E-state index >= 15 is 0 Å². The highest BCUT2D eigenvalue weighted by Gasteiger charge is 2.29. The molecule has 6 nitrogen and oxygen atoms in total. The summed E-state index contributed by atoms with van der Waals surface area (Å²) in [5.41, 5.74) is 0. The molecule has 0 saturated carbocycles. The van der Waals surface area contributed by atoms with E-state index in [4.69, 9.17) is 4.52 Å². The number of amides is 1. The van der Waals surface area contributed by atoms with Crippen LogP contribution in [0.2, 0.25) is 0 Å². The number of thiazole rings is 1. The monoisotopic (exact) mass is 332 g/mol. The van der Waals surface area contributed by atoms with Gasteiger partial charge in [0.05, 0.1) is 11.0 Å². The van der Waals surface area contributed by atoms with E-state index in [1.54, 1.807) is 30.5 Å². The lowest BCUT2D eigenvalue weighted by molar-refractivity contribution is -0.128. The lowest BCUT2D eigenvalue weighted by Gasteiger charge is -2.26. The Kier molecular flexibility index (Phi) is 4.85. The summed E-state index contributed by atoms with van der Waals surface area (Å²) in [6, 6.07) is -0.102. The van der Waals surface area contributed by atoms with Crippen LogP contribution < -0.4 is 0 Å². The maximum Gasteiger partial charge on any atom is 0.247 e. The van der Waals surface area contributed by atoms with E-state index in [1.165, 1.54) is 0 Å². The minimum Gasteiger partial charge on any atom is -0.340 e. The van der Waals surface area contributed by atoms with Gasteiger partial charge in [-0.3, -0.25) is 4.79 Å². The molecule has 1 unspecified atom stereocenters. The zero-order valence-electron chi connectivity index (χ0n) is 13.4. The summed E-state index contributed by atoms with van der Waals surface area (Å²) in [6.07, 6.45) is 9.31. The number of hydrogen-bond acceptors (Lipinski definition) is 6. The topological polar surface area (TPSA) is 72.1 Å². The third-order valence-electron chi connectivity index (χ3n) is 3.91. The van der Waals surface area contributed by atoms with Crippen molar-refractivity contribution in [1.82, 2.24) is 20.0 Å². The minimum atomic E-state index is -0.102. The molecule has 3 heterocycles. The second-order valence-corrected chi connectivity index (χ2v) is 6.95. The number of carbonyl (C=O) groups excluding carboxylic acids is 1.